The van der Waals surface area contributed by atoms with E-state index in [0.717, 1.165) is 10.5 Å². The van der Waals surface area contributed by atoms with E-state index in [1.54, 1.807) is 24.3 Å². The minimum Gasteiger partial charge on any atom is -0.507 e. The summed E-state index contributed by atoms with van der Waals surface area (Å²) in [7, 11) is 1.37. The van der Waals surface area contributed by atoms with Gasteiger partial charge in [0, 0.05) is 10.6 Å². The van der Waals surface area contributed by atoms with Crippen LogP contribution in [0, 0.1) is 0 Å². The molecule has 0 aliphatic carbocycles. The lowest BCUT2D eigenvalue weighted by Crippen LogP contribution is -2.01. The molecule has 2 aromatic rings. The molecule has 3 nitrogen and oxygen atoms in total. The zero-order valence-corrected chi connectivity index (χ0v) is 11.3. The summed E-state index contributed by atoms with van der Waals surface area (Å²) in [6.07, 6.45) is 0. The molecule has 0 amide bonds. The molecule has 0 heterocycles. The monoisotopic (exact) mass is 274 g/mol. The lowest BCUT2D eigenvalue weighted by atomic mass is 10.1. The van der Waals surface area contributed by atoms with E-state index in [-0.39, 0.29) is 11.7 Å². The van der Waals surface area contributed by atoms with Crippen LogP contribution in [0.1, 0.15) is 15.9 Å². The van der Waals surface area contributed by atoms with Gasteiger partial charge in [0.05, 0.1) is 12.7 Å². The van der Waals surface area contributed by atoms with Gasteiger partial charge in [-0.25, -0.2) is 4.79 Å². The van der Waals surface area contributed by atoms with Crippen LogP contribution in [0.25, 0.3) is 0 Å². The maximum Gasteiger partial charge on any atom is 0.337 e. The Labute approximate surface area is 116 Å². The number of phenolic OH excluding ortho intramolecular Hbond substituents is 1. The SMILES string of the molecule is COC(=O)c1cccc(CSc2ccccc2O)c1. The molecule has 0 fully saturated rings. The van der Waals surface area contributed by atoms with Crippen molar-refractivity contribution in [3.05, 3.63) is 59.7 Å². The van der Waals surface area contributed by atoms with Crippen molar-refractivity contribution in [1.82, 2.24) is 0 Å². The third-order valence-corrected chi connectivity index (χ3v) is 3.74. The number of para-hydroxylation sites is 1. The molecular weight excluding hydrogens is 260 g/mol. The molecule has 98 valence electrons. The topological polar surface area (TPSA) is 46.5 Å². The van der Waals surface area contributed by atoms with Crippen molar-refractivity contribution in [2.45, 2.75) is 10.6 Å². The van der Waals surface area contributed by atoms with Crippen LogP contribution < -0.4 is 0 Å². The molecule has 0 aliphatic rings. The predicted molar refractivity (Wildman–Crippen MR) is 75.4 cm³/mol. The fourth-order valence-corrected chi connectivity index (χ4v) is 2.54. The van der Waals surface area contributed by atoms with Crippen LogP contribution in [-0.2, 0) is 10.5 Å². The number of carbonyl (C=O) groups is 1. The Balaban J connectivity index is 2.08. The van der Waals surface area contributed by atoms with Gasteiger partial charge in [0.2, 0.25) is 0 Å². The Bertz CT molecular complexity index is 581. The van der Waals surface area contributed by atoms with Crippen LogP contribution in [0.4, 0.5) is 0 Å². The molecular formula is C15H14O3S. The number of carbonyl (C=O) groups excluding carboxylic acids is 1. The van der Waals surface area contributed by atoms with E-state index in [2.05, 4.69) is 4.74 Å². The molecule has 0 saturated heterocycles. The molecule has 19 heavy (non-hydrogen) atoms. The minimum absolute atomic E-state index is 0.275. The number of esters is 1. The molecule has 0 radical (unpaired) electrons. The first kappa shape index (κ1) is 13.5. The molecule has 0 spiro atoms. The second kappa shape index (κ2) is 6.29. The Morgan fingerprint density at radius 2 is 2.00 bits per heavy atom. The lowest BCUT2D eigenvalue weighted by Gasteiger charge is -2.05. The van der Waals surface area contributed by atoms with Gasteiger partial charge in [-0.1, -0.05) is 24.3 Å². The number of hydrogen-bond acceptors (Lipinski definition) is 4. The molecule has 0 saturated carbocycles. The summed E-state index contributed by atoms with van der Waals surface area (Å²) in [5, 5.41) is 9.67. The van der Waals surface area contributed by atoms with Crippen LogP contribution >= 0.6 is 11.8 Å². The van der Waals surface area contributed by atoms with Gasteiger partial charge in [-0.05, 0) is 29.8 Å². The number of thioether (sulfide) groups is 1. The first-order valence-corrected chi connectivity index (χ1v) is 6.77. The standard InChI is InChI=1S/C15H14O3S/c1-18-15(17)12-6-4-5-11(9-12)10-19-14-8-3-2-7-13(14)16/h2-9,16H,10H2,1H3. The van der Waals surface area contributed by atoms with E-state index in [9.17, 15) is 9.90 Å². The first-order valence-electron chi connectivity index (χ1n) is 5.79. The number of benzene rings is 2. The Kier molecular flexibility index (Phi) is 4.47. The lowest BCUT2D eigenvalue weighted by molar-refractivity contribution is 0.0600. The molecule has 2 aromatic carbocycles. The summed E-state index contributed by atoms with van der Waals surface area (Å²) in [6.45, 7) is 0. The molecule has 4 heteroatoms. The normalized spacial score (nSPS) is 10.2. The highest BCUT2D eigenvalue weighted by Crippen LogP contribution is 2.30. The summed E-state index contributed by atoms with van der Waals surface area (Å²) < 4.78 is 4.69. The Morgan fingerprint density at radius 1 is 1.21 bits per heavy atom. The van der Waals surface area contributed by atoms with Crippen LogP contribution in [0.3, 0.4) is 0 Å². The largest absolute Gasteiger partial charge is 0.507 e. The van der Waals surface area contributed by atoms with E-state index in [0.29, 0.717) is 11.3 Å². The van der Waals surface area contributed by atoms with Gasteiger partial charge in [-0.15, -0.1) is 11.8 Å². The van der Waals surface area contributed by atoms with Gasteiger partial charge in [0.25, 0.3) is 0 Å². The number of phenols is 1. The van der Waals surface area contributed by atoms with Gasteiger partial charge in [0.1, 0.15) is 5.75 Å². The zero-order chi connectivity index (χ0) is 13.7. The highest BCUT2D eigenvalue weighted by molar-refractivity contribution is 7.98. The number of ether oxygens (including phenoxy) is 1. The maximum absolute atomic E-state index is 11.4. The van der Waals surface area contributed by atoms with Crippen LogP contribution in [-0.4, -0.2) is 18.2 Å². The fraction of sp³-hybridized carbons (Fsp3) is 0.133. The maximum atomic E-state index is 11.4. The summed E-state index contributed by atoms with van der Waals surface area (Å²) in [5.41, 5.74) is 1.55. The van der Waals surface area contributed by atoms with E-state index < -0.39 is 0 Å². The quantitative estimate of drug-likeness (QED) is 0.685. The van der Waals surface area contributed by atoms with Crippen molar-refractivity contribution in [3.8, 4) is 5.75 Å². The molecule has 1 N–H and O–H groups in total. The predicted octanol–water partition coefficient (Wildman–Crippen LogP) is 3.47. The highest BCUT2D eigenvalue weighted by Gasteiger charge is 2.06. The molecule has 0 aromatic heterocycles. The van der Waals surface area contributed by atoms with Crippen molar-refractivity contribution in [2.24, 2.45) is 0 Å². The van der Waals surface area contributed by atoms with Crippen LogP contribution in [0.15, 0.2) is 53.4 Å². The summed E-state index contributed by atoms with van der Waals surface area (Å²) in [5.74, 6) is 0.619. The van der Waals surface area contributed by atoms with E-state index in [4.69, 9.17) is 0 Å². The number of methoxy groups -OCH3 is 1. The van der Waals surface area contributed by atoms with Crippen LogP contribution in [0.2, 0.25) is 0 Å². The molecule has 0 unspecified atom stereocenters. The molecule has 0 atom stereocenters. The zero-order valence-electron chi connectivity index (χ0n) is 10.5. The Hall–Kier alpha value is -1.94. The molecule has 0 aliphatic heterocycles. The van der Waals surface area contributed by atoms with Gasteiger partial charge in [0.15, 0.2) is 0 Å². The van der Waals surface area contributed by atoms with Crippen molar-refractivity contribution in [1.29, 1.82) is 0 Å². The van der Waals surface area contributed by atoms with E-state index in [1.165, 1.54) is 18.9 Å². The van der Waals surface area contributed by atoms with Gasteiger partial charge in [-0.2, -0.15) is 0 Å². The van der Waals surface area contributed by atoms with Crippen molar-refractivity contribution >= 4 is 17.7 Å². The molecule has 0 bridgehead atoms. The Morgan fingerprint density at radius 3 is 2.74 bits per heavy atom. The molecule has 2 rings (SSSR count). The fourth-order valence-electron chi connectivity index (χ4n) is 1.65. The van der Waals surface area contributed by atoms with Gasteiger partial charge >= 0.3 is 5.97 Å². The smallest absolute Gasteiger partial charge is 0.337 e. The third-order valence-electron chi connectivity index (χ3n) is 2.61. The van der Waals surface area contributed by atoms with Gasteiger partial charge < -0.3 is 9.84 Å². The average molecular weight is 274 g/mol. The van der Waals surface area contributed by atoms with Gasteiger partial charge in [-0.3, -0.25) is 0 Å². The first-order chi connectivity index (χ1) is 9.20. The third kappa shape index (κ3) is 3.51. The van der Waals surface area contributed by atoms with E-state index in [1.807, 2.05) is 24.3 Å². The van der Waals surface area contributed by atoms with Crippen molar-refractivity contribution < 1.29 is 14.6 Å². The number of rotatable bonds is 4. The second-order valence-corrected chi connectivity index (χ2v) is 4.97. The summed E-state index contributed by atoms with van der Waals surface area (Å²) >= 11 is 1.53. The summed E-state index contributed by atoms with van der Waals surface area (Å²) in [6, 6.07) is 14.5. The minimum atomic E-state index is -0.339. The highest BCUT2D eigenvalue weighted by atomic mass is 32.2. The number of hydrogen-bond donors (Lipinski definition) is 1. The van der Waals surface area contributed by atoms with Crippen molar-refractivity contribution in [2.75, 3.05) is 7.11 Å². The summed E-state index contributed by atoms with van der Waals surface area (Å²) in [4.78, 5) is 12.2. The second-order valence-electron chi connectivity index (χ2n) is 3.95. The average Bonchev–Trinajstić information content (AvgIpc) is 2.46. The van der Waals surface area contributed by atoms with E-state index >= 15 is 0 Å². The van der Waals surface area contributed by atoms with Crippen molar-refractivity contribution in [3.63, 3.8) is 0 Å². The van der Waals surface area contributed by atoms with Crippen LogP contribution in [0.5, 0.6) is 5.75 Å². The number of aromatic hydroxyl groups is 1.